The molecular weight excluding hydrogens is 503 g/mol. The van der Waals surface area contributed by atoms with Crippen LogP contribution < -0.4 is 15.4 Å². The van der Waals surface area contributed by atoms with E-state index in [4.69, 9.17) is 0 Å². The maximum Gasteiger partial charge on any atom is 0.213 e. The molecule has 0 aliphatic heterocycles. The number of aliphatic hydroxyl groups is 1. The summed E-state index contributed by atoms with van der Waals surface area (Å²) in [5.41, 5.74) is 0.925. The van der Waals surface area contributed by atoms with Crippen molar-refractivity contribution in [2.75, 3.05) is 32.0 Å². The first kappa shape index (κ1) is 28.1. The molecule has 0 aliphatic carbocycles. The van der Waals surface area contributed by atoms with E-state index in [2.05, 4.69) is 34.2 Å². The molecule has 4 N–H and O–H groups in total. The van der Waals surface area contributed by atoms with Crippen molar-refractivity contribution < 1.29 is 13.5 Å². The van der Waals surface area contributed by atoms with Gasteiger partial charge in [0.1, 0.15) is 0 Å². The van der Waals surface area contributed by atoms with Crippen LogP contribution in [0.5, 0.6) is 0 Å². The van der Waals surface area contributed by atoms with Crippen LogP contribution in [0.25, 0.3) is 0 Å². The SMILES string of the molecule is CCNC(=NCC(CCO)CC(C)C)NCCS(=O)(=O)NCc1ccccc1.I. The number of benzene rings is 1. The van der Waals surface area contributed by atoms with Gasteiger partial charge in [-0.25, -0.2) is 13.1 Å². The third-order valence-corrected chi connectivity index (χ3v) is 5.52. The molecule has 1 unspecified atom stereocenters. The Labute approximate surface area is 193 Å². The van der Waals surface area contributed by atoms with Gasteiger partial charge in [-0.05, 0) is 37.2 Å². The fraction of sp³-hybridized carbons (Fsp3) is 0.650. The van der Waals surface area contributed by atoms with E-state index in [0.29, 0.717) is 30.9 Å². The first-order chi connectivity index (χ1) is 13.4. The van der Waals surface area contributed by atoms with Gasteiger partial charge in [0, 0.05) is 32.8 Å². The molecule has 0 fully saturated rings. The lowest BCUT2D eigenvalue weighted by molar-refractivity contribution is 0.245. The Morgan fingerprint density at radius 2 is 1.86 bits per heavy atom. The number of nitrogens with one attached hydrogen (secondary N) is 3. The maximum atomic E-state index is 12.2. The molecule has 1 aromatic carbocycles. The highest BCUT2D eigenvalue weighted by Gasteiger charge is 2.12. The van der Waals surface area contributed by atoms with Gasteiger partial charge in [-0.15, -0.1) is 24.0 Å². The van der Waals surface area contributed by atoms with Crippen LogP contribution in [0.1, 0.15) is 39.2 Å². The van der Waals surface area contributed by atoms with E-state index in [-0.39, 0.29) is 49.4 Å². The number of guanidine groups is 1. The Kier molecular flexibility index (Phi) is 15.4. The van der Waals surface area contributed by atoms with E-state index < -0.39 is 10.0 Å². The monoisotopic (exact) mass is 540 g/mol. The van der Waals surface area contributed by atoms with E-state index >= 15 is 0 Å². The lowest BCUT2D eigenvalue weighted by Crippen LogP contribution is -2.41. The van der Waals surface area contributed by atoms with Crippen molar-refractivity contribution in [1.29, 1.82) is 0 Å². The fourth-order valence-electron chi connectivity index (χ4n) is 2.86. The Morgan fingerprint density at radius 3 is 2.45 bits per heavy atom. The molecule has 0 bridgehead atoms. The van der Waals surface area contributed by atoms with Gasteiger partial charge >= 0.3 is 0 Å². The first-order valence-corrected chi connectivity index (χ1v) is 11.7. The van der Waals surface area contributed by atoms with Crippen LogP contribution in [0.3, 0.4) is 0 Å². The quantitative estimate of drug-likeness (QED) is 0.175. The number of rotatable bonds is 13. The van der Waals surface area contributed by atoms with Gasteiger partial charge < -0.3 is 15.7 Å². The highest BCUT2D eigenvalue weighted by Crippen LogP contribution is 2.15. The van der Waals surface area contributed by atoms with Crippen LogP contribution in [0.4, 0.5) is 0 Å². The molecule has 1 atom stereocenters. The predicted molar refractivity (Wildman–Crippen MR) is 131 cm³/mol. The molecule has 1 rings (SSSR count). The number of sulfonamides is 1. The summed E-state index contributed by atoms with van der Waals surface area (Å²) in [5.74, 6) is 1.43. The average molecular weight is 541 g/mol. The summed E-state index contributed by atoms with van der Waals surface area (Å²) in [6.45, 7) is 8.29. The number of aliphatic imine (C=N–C) groups is 1. The summed E-state index contributed by atoms with van der Waals surface area (Å²) in [7, 11) is -3.37. The van der Waals surface area contributed by atoms with Gasteiger partial charge in [-0.1, -0.05) is 44.2 Å². The molecule has 1 aromatic rings. The summed E-state index contributed by atoms with van der Waals surface area (Å²) < 4.78 is 27.0. The van der Waals surface area contributed by atoms with Gasteiger partial charge in [-0.3, -0.25) is 4.99 Å². The van der Waals surface area contributed by atoms with Crippen molar-refractivity contribution in [2.45, 2.75) is 40.2 Å². The molecule has 0 saturated carbocycles. The van der Waals surface area contributed by atoms with E-state index in [9.17, 15) is 13.5 Å². The number of halogens is 1. The maximum absolute atomic E-state index is 12.2. The zero-order chi connectivity index (χ0) is 20.8. The highest BCUT2D eigenvalue weighted by atomic mass is 127. The van der Waals surface area contributed by atoms with Crippen molar-refractivity contribution in [1.82, 2.24) is 15.4 Å². The summed E-state index contributed by atoms with van der Waals surface area (Å²) in [6, 6.07) is 9.44. The smallest absolute Gasteiger partial charge is 0.213 e. The zero-order valence-electron chi connectivity index (χ0n) is 17.7. The van der Waals surface area contributed by atoms with Crippen LogP contribution in [0, 0.1) is 11.8 Å². The van der Waals surface area contributed by atoms with Crippen LogP contribution in [0.15, 0.2) is 35.3 Å². The minimum atomic E-state index is -3.37. The third kappa shape index (κ3) is 13.8. The first-order valence-electron chi connectivity index (χ1n) is 10.0. The predicted octanol–water partition coefficient (Wildman–Crippen LogP) is 2.32. The van der Waals surface area contributed by atoms with Crippen LogP contribution in [-0.2, 0) is 16.6 Å². The molecule has 0 heterocycles. The summed E-state index contributed by atoms with van der Waals surface area (Å²) in [4.78, 5) is 4.57. The molecule has 0 amide bonds. The third-order valence-electron chi connectivity index (χ3n) is 4.20. The van der Waals surface area contributed by atoms with Crippen LogP contribution in [0.2, 0.25) is 0 Å². The molecule has 9 heteroatoms. The van der Waals surface area contributed by atoms with E-state index in [1.165, 1.54) is 0 Å². The summed E-state index contributed by atoms with van der Waals surface area (Å²) in [5, 5.41) is 15.5. The summed E-state index contributed by atoms with van der Waals surface area (Å²) in [6.07, 6.45) is 1.72. The topological polar surface area (TPSA) is 103 Å². The minimum Gasteiger partial charge on any atom is -0.396 e. The minimum absolute atomic E-state index is 0. The Bertz CT molecular complexity index is 670. The molecule has 7 nitrogen and oxygen atoms in total. The van der Waals surface area contributed by atoms with Crippen molar-refractivity contribution in [3.05, 3.63) is 35.9 Å². The van der Waals surface area contributed by atoms with E-state index in [1.54, 1.807) is 0 Å². The average Bonchev–Trinajstić information content (AvgIpc) is 2.65. The van der Waals surface area contributed by atoms with Crippen molar-refractivity contribution in [3.63, 3.8) is 0 Å². The molecule has 0 aromatic heterocycles. The van der Waals surface area contributed by atoms with Crippen molar-refractivity contribution in [3.8, 4) is 0 Å². The molecule has 0 saturated heterocycles. The molecule has 0 radical (unpaired) electrons. The number of aliphatic hydroxyl groups excluding tert-OH is 1. The second-order valence-corrected chi connectivity index (χ2v) is 9.21. The van der Waals surface area contributed by atoms with E-state index in [0.717, 1.165) is 18.4 Å². The number of hydrogen-bond donors (Lipinski definition) is 4. The number of nitrogens with zero attached hydrogens (tertiary/aromatic N) is 1. The number of hydrogen-bond acceptors (Lipinski definition) is 4. The normalized spacial score (nSPS) is 13.1. The second kappa shape index (κ2) is 15.9. The lowest BCUT2D eigenvalue weighted by Gasteiger charge is -2.17. The Morgan fingerprint density at radius 1 is 1.17 bits per heavy atom. The van der Waals surface area contributed by atoms with Crippen LogP contribution >= 0.6 is 24.0 Å². The fourth-order valence-corrected chi connectivity index (χ4v) is 3.76. The largest absolute Gasteiger partial charge is 0.396 e. The van der Waals surface area contributed by atoms with Gasteiger partial charge in [0.05, 0.1) is 5.75 Å². The van der Waals surface area contributed by atoms with Gasteiger partial charge in [0.25, 0.3) is 0 Å². The van der Waals surface area contributed by atoms with Gasteiger partial charge in [0.15, 0.2) is 5.96 Å². The Balaban J connectivity index is 0.00000784. The Hall–Kier alpha value is -0.910. The molecular formula is C20H37IN4O3S. The molecule has 0 spiro atoms. The lowest BCUT2D eigenvalue weighted by atomic mass is 9.94. The molecule has 29 heavy (non-hydrogen) atoms. The second-order valence-electron chi connectivity index (χ2n) is 7.28. The van der Waals surface area contributed by atoms with Crippen molar-refractivity contribution in [2.24, 2.45) is 16.8 Å². The van der Waals surface area contributed by atoms with Crippen molar-refractivity contribution >= 4 is 40.0 Å². The highest BCUT2D eigenvalue weighted by molar-refractivity contribution is 14.0. The van der Waals surface area contributed by atoms with E-state index in [1.807, 2.05) is 37.3 Å². The zero-order valence-corrected chi connectivity index (χ0v) is 20.9. The van der Waals surface area contributed by atoms with Crippen LogP contribution in [-0.4, -0.2) is 51.5 Å². The summed E-state index contributed by atoms with van der Waals surface area (Å²) >= 11 is 0. The van der Waals surface area contributed by atoms with Gasteiger partial charge in [-0.2, -0.15) is 0 Å². The molecule has 0 aliphatic rings. The standard InChI is InChI=1S/C20H36N4O3S.HI/c1-4-21-20(23-15-19(10-12-25)14-17(2)3)22-11-13-28(26,27)24-16-18-8-6-5-7-9-18;/h5-9,17,19,24-25H,4,10-16H2,1-3H3,(H2,21,22,23);1H. The molecule has 168 valence electrons. The van der Waals surface area contributed by atoms with Gasteiger partial charge in [0.2, 0.25) is 10.0 Å².